The molecule has 0 aliphatic carbocycles. The van der Waals surface area contributed by atoms with Gasteiger partial charge in [-0.15, -0.1) is 0 Å². The van der Waals surface area contributed by atoms with Gasteiger partial charge in [0.2, 0.25) is 11.9 Å². The lowest BCUT2D eigenvalue weighted by atomic mass is 9.71. The van der Waals surface area contributed by atoms with Crippen LogP contribution in [0.25, 0.3) is 10.8 Å². The number of carbonyl (C=O) groups is 1. The Morgan fingerprint density at radius 2 is 1.87 bits per heavy atom. The zero-order valence-electron chi connectivity index (χ0n) is 27.4. The van der Waals surface area contributed by atoms with Gasteiger partial charge in [0.15, 0.2) is 0 Å². The van der Waals surface area contributed by atoms with Crippen LogP contribution in [0.2, 0.25) is 0 Å². The highest BCUT2D eigenvalue weighted by molar-refractivity contribution is 7.90. The number of amides is 1. The number of nitrogens with zero attached hydrogens (tertiary/aromatic N) is 6. The predicted octanol–water partition coefficient (Wildman–Crippen LogP) is 4.88. The molecule has 46 heavy (non-hydrogen) atoms. The first kappa shape index (κ1) is 32.2. The van der Waals surface area contributed by atoms with Gasteiger partial charge in [-0.1, -0.05) is 12.6 Å². The van der Waals surface area contributed by atoms with Crippen LogP contribution in [-0.2, 0) is 19.4 Å². The minimum Gasteiger partial charge on any atom is -0.381 e. The third-order valence-electron chi connectivity index (χ3n) is 10.2. The molecule has 2 aromatic heterocycles. The number of methoxy groups -OCH3 is 1. The standard InChI is InChI=1S/C34H45N7O4S/c1-7-32(42)40-16-8-9-28(40)24-10-11-29(41-22(2)27(34(41,3)4)21-46(6,43)44)26-20-36-31(19-25(24)26)37-30-12-15-35-33(38-30)39-17-13-23(45-5)14-18-39/h7,10-12,15,19-20,22-23,27-28H,1,8-9,13-14,16-18,21H2,2-6H3,(H,35,36,37,38)/t22-,27-,28-/m1/s1. The SMILES string of the molecule is C=CC(=O)N1CCC[C@@H]1c1ccc(N2[C@H](C)[C@@H](CS(C)(=O)=O)C2(C)C)c2cnc(Nc3ccnc(N4CCC(OC)CC4)n3)cc12. The van der Waals surface area contributed by atoms with Gasteiger partial charge in [-0.3, -0.25) is 4.79 Å². The Morgan fingerprint density at radius 1 is 1.11 bits per heavy atom. The summed E-state index contributed by atoms with van der Waals surface area (Å²) < 4.78 is 30.0. The summed E-state index contributed by atoms with van der Waals surface area (Å²) in [5.41, 5.74) is 1.68. The second kappa shape index (κ2) is 12.4. The second-order valence-corrected chi connectivity index (χ2v) is 15.6. The highest BCUT2D eigenvalue weighted by atomic mass is 32.2. The molecule has 12 heteroatoms. The number of rotatable bonds is 9. The Morgan fingerprint density at radius 3 is 2.54 bits per heavy atom. The fraction of sp³-hybridized carbons (Fsp3) is 0.529. The quantitative estimate of drug-likeness (QED) is 0.322. The van der Waals surface area contributed by atoms with Crippen molar-refractivity contribution in [1.29, 1.82) is 0 Å². The smallest absolute Gasteiger partial charge is 0.246 e. The van der Waals surface area contributed by atoms with E-state index in [2.05, 4.69) is 59.6 Å². The summed E-state index contributed by atoms with van der Waals surface area (Å²) in [6.45, 7) is 12.4. The molecule has 246 valence electrons. The maximum Gasteiger partial charge on any atom is 0.246 e. The number of benzene rings is 1. The molecule has 11 nitrogen and oxygen atoms in total. The van der Waals surface area contributed by atoms with Gasteiger partial charge in [0.25, 0.3) is 0 Å². The van der Waals surface area contributed by atoms with Crippen molar-refractivity contribution in [3.63, 3.8) is 0 Å². The molecule has 3 aromatic rings. The summed E-state index contributed by atoms with van der Waals surface area (Å²) in [5.74, 6) is 2.02. The zero-order valence-corrected chi connectivity index (χ0v) is 28.3. The number of hydrogen-bond acceptors (Lipinski definition) is 10. The van der Waals surface area contributed by atoms with Gasteiger partial charge in [-0.25, -0.2) is 18.4 Å². The lowest BCUT2D eigenvalue weighted by Crippen LogP contribution is -2.71. The molecule has 3 fully saturated rings. The first-order valence-corrected chi connectivity index (χ1v) is 18.2. The van der Waals surface area contributed by atoms with Crippen molar-refractivity contribution < 1.29 is 17.9 Å². The van der Waals surface area contributed by atoms with E-state index < -0.39 is 9.84 Å². The molecule has 3 atom stereocenters. The predicted molar refractivity (Wildman–Crippen MR) is 182 cm³/mol. The van der Waals surface area contributed by atoms with Crippen molar-refractivity contribution in [2.24, 2.45) is 5.92 Å². The molecule has 1 aromatic carbocycles. The Bertz CT molecular complexity index is 1740. The molecule has 3 saturated heterocycles. The van der Waals surface area contributed by atoms with Crippen LogP contribution in [0.15, 0.2) is 49.3 Å². The first-order valence-electron chi connectivity index (χ1n) is 16.1. The summed E-state index contributed by atoms with van der Waals surface area (Å²) in [4.78, 5) is 33.4. The number of aromatic nitrogens is 3. The third kappa shape index (κ3) is 6.04. The van der Waals surface area contributed by atoms with Crippen LogP contribution in [0.3, 0.4) is 0 Å². The minimum atomic E-state index is -3.13. The van der Waals surface area contributed by atoms with Gasteiger partial charge in [0.05, 0.1) is 17.9 Å². The van der Waals surface area contributed by atoms with E-state index in [1.165, 1.54) is 12.3 Å². The largest absolute Gasteiger partial charge is 0.381 e. The number of ether oxygens (including phenoxy) is 1. The normalized spacial score (nSPS) is 23.4. The van der Waals surface area contributed by atoms with Crippen LogP contribution in [0.4, 0.5) is 23.3 Å². The fourth-order valence-corrected chi connectivity index (χ4v) is 9.21. The third-order valence-corrected chi connectivity index (χ3v) is 11.2. The van der Waals surface area contributed by atoms with Crippen LogP contribution >= 0.6 is 0 Å². The summed E-state index contributed by atoms with van der Waals surface area (Å²) in [6, 6.07) is 8.05. The van der Waals surface area contributed by atoms with E-state index in [1.807, 2.05) is 23.2 Å². The number of pyridine rings is 1. The van der Waals surface area contributed by atoms with E-state index in [0.29, 0.717) is 24.1 Å². The van der Waals surface area contributed by atoms with Crippen LogP contribution < -0.4 is 15.1 Å². The number of nitrogens with one attached hydrogen (secondary N) is 1. The van der Waals surface area contributed by atoms with Crippen molar-refractivity contribution in [2.45, 2.75) is 70.2 Å². The van der Waals surface area contributed by atoms with Crippen LogP contribution in [-0.4, -0.2) is 90.6 Å². The molecule has 0 radical (unpaired) electrons. The fourth-order valence-electron chi connectivity index (χ4n) is 7.87. The number of fused-ring (bicyclic) bond motifs is 1. The summed E-state index contributed by atoms with van der Waals surface area (Å²) >= 11 is 0. The van der Waals surface area contributed by atoms with Gasteiger partial charge in [0, 0.05) is 74.0 Å². The van der Waals surface area contributed by atoms with Crippen molar-refractivity contribution in [3.05, 3.63) is 54.9 Å². The summed E-state index contributed by atoms with van der Waals surface area (Å²) in [7, 11) is -1.37. The Hall–Kier alpha value is -3.77. The molecule has 0 spiro atoms. The number of carbonyl (C=O) groups excluding carboxylic acids is 1. The van der Waals surface area contributed by atoms with E-state index in [9.17, 15) is 13.2 Å². The zero-order chi connectivity index (χ0) is 32.8. The van der Waals surface area contributed by atoms with E-state index in [1.54, 1.807) is 13.3 Å². The maximum absolute atomic E-state index is 12.8. The molecule has 5 heterocycles. The molecule has 3 aliphatic rings. The average Bonchev–Trinajstić information content (AvgIpc) is 3.53. The lowest BCUT2D eigenvalue weighted by Gasteiger charge is -2.62. The lowest BCUT2D eigenvalue weighted by molar-refractivity contribution is -0.126. The van der Waals surface area contributed by atoms with E-state index in [-0.39, 0.29) is 41.3 Å². The Kier molecular flexibility index (Phi) is 8.71. The van der Waals surface area contributed by atoms with Gasteiger partial charge >= 0.3 is 0 Å². The molecule has 0 saturated carbocycles. The van der Waals surface area contributed by atoms with E-state index in [0.717, 1.165) is 60.8 Å². The topological polar surface area (TPSA) is 121 Å². The number of sulfone groups is 1. The van der Waals surface area contributed by atoms with E-state index >= 15 is 0 Å². The van der Waals surface area contributed by atoms with Crippen LogP contribution in [0.5, 0.6) is 0 Å². The summed E-state index contributed by atoms with van der Waals surface area (Å²) in [5, 5.41) is 5.36. The highest BCUT2D eigenvalue weighted by Crippen LogP contribution is 2.49. The number of piperidine rings is 1. The first-order chi connectivity index (χ1) is 21.9. The molecule has 1 N–H and O–H groups in total. The minimum absolute atomic E-state index is 0.00564. The monoisotopic (exact) mass is 647 g/mol. The Balaban J connectivity index is 1.37. The van der Waals surface area contributed by atoms with Crippen molar-refractivity contribution in [2.75, 3.05) is 53.9 Å². The summed E-state index contributed by atoms with van der Waals surface area (Å²) in [6.07, 6.45) is 10.2. The molecular formula is C34H45N7O4S. The van der Waals surface area contributed by atoms with Gasteiger partial charge in [-0.05, 0) is 81.7 Å². The van der Waals surface area contributed by atoms with Gasteiger partial charge < -0.3 is 24.8 Å². The van der Waals surface area contributed by atoms with Crippen molar-refractivity contribution in [1.82, 2.24) is 19.9 Å². The van der Waals surface area contributed by atoms with E-state index in [4.69, 9.17) is 14.7 Å². The molecule has 6 rings (SSSR count). The van der Waals surface area contributed by atoms with Gasteiger partial charge in [-0.2, -0.15) is 4.98 Å². The highest BCUT2D eigenvalue weighted by Gasteiger charge is 2.53. The number of likely N-dealkylation sites (tertiary alicyclic amines) is 1. The second-order valence-electron chi connectivity index (χ2n) is 13.4. The van der Waals surface area contributed by atoms with Crippen LogP contribution in [0, 0.1) is 5.92 Å². The molecule has 0 unspecified atom stereocenters. The Labute approximate surface area is 272 Å². The number of hydrogen-bond donors (Lipinski definition) is 1. The molecule has 3 aliphatic heterocycles. The average molecular weight is 648 g/mol. The molecule has 1 amide bonds. The molecule has 0 bridgehead atoms. The number of anilines is 4. The van der Waals surface area contributed by atoms with Crippen molar-refractivity contribution >= 4 is 49.8 Å². The van der Waals surface area contributed by atoms with Crippen LogP contribution in [0.1, 0.15) is 58.1 Å². The molecular weight excluding hydrogens is 602 g/mol. The maximum atomic E-state index is 12.8. The van der Waals surface area contributed by atoms with Crippen molar-refractivity contribution in [3.8, 4) is 0 Å². The van der Waals surface area contributed by atoms with Gasteiger partial charge in [0.1, 0.15) is 21.5 Å².